The Kier molecular flexibility index (Phi) is 3.67. The second kappa shape index (κ2) is 5.88. The second-order valence-corrected chi connectivity index (χ2v) is 6.80. The van der Waals surface area contributed by atoms with Crippen LogP contribution < -0.4 is 11.1 Å². The molecule has 1 aliphatic rings. The van der Waals surface area contributed by atoms with E-state index >= 15 is 0 Å². The van der Waals surface area contributed by atoms with Crippen LogP contribution in [0.2, 0.25) is 0 Å². The molecule has 0 radical (unpaired) electrons. The van der Waals surface area contributed by atoms with Gasteiger partial charge in [-0.2, -0.15) is 0 Å². The van der Waals surface area contributed by atoms with Crippen LogP contribution in [0.25, 0.3) is 11.3 Å². The molecule has 2 aromatic heterocycles. The monoisotopic (exact) mass is 337 g/mol. The van der Waals surface area contributed by atoms with Crippen molar-refractivity contribution in [1.29, 1.82) is 0 Å². The number of rotatable bonds is 4. The van der Waals surface area contributed by atoms with Gasteiger partial charge in [-0.1, -0.05) is 35.5 Å². The number of benzene rings is 1. The van der Waals surface area contributed by atoms with Gasteiger partial charge in [0.1, 0.15) is 5.69 Å². The fraction of sp³-hybridized carbons (Fsp3) is 0.316. The van der Waals surface area contributed by atoms with Crippen LogP contribution in [0.1, 0.15) is 31.9 Å². The predicted molar refractivity (Wildman–Crippen MR) is 93.5 cm³/mol. The summed E-state index contributed by atoms with van der Waals surface area (Å²) in [6.45, 7) is 2.20. The highest BCUT2D eigenvalue weighted by molar-refractivity contribution is 5.58. The fourth-order valence-corrected chi connectivity index (χ4v) is 3.29. The van der Waals surface area contributed by atoms with Gasteiger partial charge >= 0.3 is 11.1 Å². The number of nitrogens with zero attached hydrogens (tertiary/aromatic N) is 3. The van der Waals surface area contributed by atoms with E-state index in [4.69, 9.17) is 4.52 Å². The van der Waals surface area contributed by atoms with Crippen molar-refractivity contribution in [2.24, 2.45) is 0 Å². The Morgan fingerprint density at radius 3 is 2.56 bits per heavy atom. The topological polar surface area (TPSA) is 70.0 Å². The molecule has 6 heteroatoms. The Balaban J connectivity index is 1.62. The summed E-state index contributed by atoms with van der Waals surface area (Å²) < 4.78 is 8.27. The molecule has 0 saturated heterocycles. The molecule has 1 aliphatic carbocycles. The average Bonchev–Trinajstić information content (AvgIpc) is 3.07. The molecule has 1 saturated carbocycles. The standard InChI is InChI=1S/C19H19N3O3/c1-19(8-5-9-19)22-11-10-21(17(23)18(22)24)13-15-12-16(20-25-15)14-6-3-2-4-7-14/h2-4,6-7,10-12H,5,8-9,13H2,1H3. The third kappa shape index (κ3) is 2.73. The summed E-state index contributed by atoms with van der Waals surface area (Å²) in [5, 5.41) is 4.04. The quantitative estimate of drug-likeness (QED) is 0.686. The third-order valence-corrected chi connectivity index (χ3v) is 5.03. The first kappa shape index (κ1) is 15.6. The maximum atomic E-state index is 12.4. The van der Waals surface area contributed by atoms with E-state index in [2.05, 4.69) is 5.16 Å². The van der Waals surface area contributed by atoms with Crippen LogP contribution in [-0.4, -0.2) is 14.3 Å². The summed E-state index contributed by atoms with van der Waals surface area (Å²) in [6.07, 6.45) is 6.31. The fourth-order valence-electron chi connectivity index (χ4n) is 3.29. The van der Waals surface area contributed by atoms with Gasteiger partial charge in [-0.15, -0.1) is 0 Å². The van der Waals surface area contributed by atoms with Gasteiger partial charge in [-0.25, -0.2) is 0 Å². The number of aromatic nitrogens is 3. The molecule has 4 rings (SSSR count). The molecule has 128 valence electrons. The lowest BCUT2D eigenvalue weighted by atomic mass is 9.78. The Labute approximate surface area is 144 Å². The molecule has 0 N–H and O–H groups in total. The summed E-state index contributed by atoms with van der Waals surface area (Å²) in [5.74, 6) is 0.535. The van der Waals surface area contributed by atoms with Crippen molar-refractivity contribution in [1.82, 2.24) is 14.3 Å². The molecule has 6 nitrogen and oxygen atoms in total. The minimum absolute atomic E-state index is 0.186. The maximum absolute atomic E-state index is 12.4. The summed E-state index contributed by atoms with van der Waals surface area (Å²) in [6, 6.07) is 11.5. The van der Waals surface area contributed by atoms with E-state index in [0.29, 0.717) is 11.5 Å². The highest BCUT2D eigenvalue weighted by Crippen LogP contribution is 2.37. The lowest BCUT2D eigenvalue weighted by molar-refractivity contribution is 0.161. The van der Waals surface area contributed by atoms with Crippen LogP contribution in [0.15, 0.2) is 62.9 Å². The average molecular weight is 337 g/mol. The molecule has 0 atom stereocenters. The van der Waals surface area contributed by atoms with E-state index in [9.17, 15) is 9.59 Å². The van der Waals surface area contributed by atoms with E-state index < -0.39 is 11.1 Å². The predicted octanol–water partition coefficient (Wildman–Crippen LogP) is 2.61. The van der Waals surface area contributed by atoms with Crippen molar-refractivity contribution in [3.05, 3.63) is 75.3 Å². The minimum atomic E-state index is -0.534. The van der Waals surface area contributed by atoms with Crippen LogP contribution in [0.4, 0.5) is 0 Å². The minimum Gasteiger partial charge on any atom is -0.359 e. The molecule has 0 unspecified atom stereocenters. The first-order chi connectivity index (χ1) is 12.1. The molecule has 3 aromatic rings. The second-order valence-electron chi connectivity index (χ2n) is 6.80. The molecule has 25 heavy (non-hydrogen) atoms. The van der Waals surface area contributed by atoms with E-state index in [1.54, 1.807) is 23.0 Å². The van der Waals surface area contributed by atoms with Crippen LogP contribution in [0.5, 0.6) is 0 Å². The van der Waals surface area contributed by atoms with Crippen molar-refractivity contribution >= 4 is 0 Å². The number of hydrogen-bond acceptors (Lipinski definition) is 4. The lowest BCUT2D eigenvalue weighted by Crippen LogP contribution is -2.50. The Bertz CT molecular complexity index is 1010. The Morgan fingerprint density at radius 2 is 1.88 bits per heavy atom. The van der Waals surface area contributed by atoms with Gasteiger partial charge in [-0.05, 0) is 26.2 Å². The molecule has 1 aromatic carbocycles. The van der Waals surface area contributed by atoms with Gasteiger partial charge in [0.2, 0.25) is 0 Å². The summed E-state index contributed by atoms with van der Waals surface area (Å²) >= 11 is 0. The molecule has 0 aliphatic heterocycles. The molecule has 2 heterocycles. The normalized spacial score (nSPS) is 15.7. The first-order valence-electron chi connectivity index (χ1n) is 8.40. The molecule has 0 spiro atoms. The molecular formula is C19H19N3O3. The van der Waals surface area contributed by atoms with Crippen molar-refractivity contribution in [3.8, 4) is 11.3 Å². The van der Waals surface area contributed by atoms with Crippen LogP contribution in [0, 0.1) is 0 Å². The SMILES string of the molecule is CC1(n2ccn(Cc3cc(-c4ccccc4)no3)c(=O)c2=O)CCC1. The van der Waals surface area contributed by atoms with Crippen molar-refractivity contribution in [2.45, 2.75) is 38.3 Å². The number of hydrogen-bond donors (Lipinski definition) is 0. The van der Waals surface area contributed by atoms with Crippen LogP contribution in [0.3, 0.4) is 0 Å². The van der Waals surface area contributed by atoms with Gasteiger partial charge in [0.05, 0.1) is 6.54 Å². The zero-order valence-corrected chi connectivity index (χ0v) is 14.0. The van der Waals surface area contributed by atoms with Gasteiger partial charge in [-0.3, -0.25) is 9.59 Å². The zero-order valence-electron chi connectivity index (χ0n) is 14.0. The van der Waals surface area contributed by atoms with E-state index in [-0.39, 0.29) is 12.1 Å². The third-order valence-electron chi connectivity index (χ3n) is 5.03. The highest BCUT2D eigenvalue weighted by atomic mass is 16.5. The largest absolute Gasteiger partial charge is 0.359 e. The Morgan fingerprint density at radius 1 is 1.12 bits per heavy atom. The Hall–Kier alpha value is -2.89. The lowest BCUT2D eigenvalue weighted by Gasteiger charge is -2.39. The maximum Gasteiger partial charge on any atom is 0.316 e. The van der Waals surface area contributed by atoms with Crippen molar-refractivity contribution in [3.63, 3.8) is 0 Å². The molecule has 0 bridgehead atoms. The van der Waals surface area contributed by atoms with Gasteiger partial charge in [0.15, 0.2) is 5.76 Å². The van der Waals surface area contributed by atoms with E-state index in [1.165, 1.54) is 4.57 Å². The zero-order chi connectivity index (χ0) is 17.4. The summed E-state index contributed by atoms with van der Waals surface area (Å²) in [5.41, 5.74) is 0.417. The van der Waals surface area contributed by atoms with E-state index in [0.717, 1.165) is 24.8 Å². The summed E-state index contributed by atoms with van der Waals surface area (Å²) in [7, 11) is 0. The van der Waals surface area contributed by atoms with Crippen molar-refractivity contribution in [2.75, 3.05) is 0 Å². The highest BCUT2D eigenvalue weighted by Gasteiger charge is 2.34. The molecule has 0 amide bonds. The van der Waals surface area contributed by atoms with Crippen molar-refractivity contribution < 1.29 is 4.52 Å². The van der Waals surface area contributed by atoms with Gasteiger partial charge in [0.25, 0.3) is 0 Å². The summed E-state index contributed by atoms with van der Waals surface area (Å²) in [4.78, 5) is 24.9. The first-order valence-corrected chi connectivity index (χ1v) is 8.40. The molecule has 1 fully saturated rings. The van der Waals surface area contributed by atoms with E-state index in [1.807, 2.05) is 37.3 Å². The van der Waals surface area contributed by atoms with Gasteiger partial charge in [0, 0.05) is 29.6 Å². The van der Waals surface area contributed by atoms with Crippen LogP contribution >= 0.6 is 0 Å². The smallest absolute Gasteiger partial charge is 0.316 e. The van der Waals surface area contributed by atoms with Crippen LogP contribution in [-0.2, 0) is 12.1 Å². The van der Waals surface area contributed by atoms with Gasteiger partial charge < -0.3 is 13.7 Å². The molecular weight excluding hydrogens is 318 g/mol.